The average Bonchev–Trinajstić information content (AvgIpc) is 2.28. The molecule has 0 aliphatic rings. The van der Waals surface area contributed by atoms with Gasteiger partial charge in [-0.05, 0) is 19.1 Å². The minimum absolute atomic E-state index is 0.0991. The van der Waals surface area contributed by atoms with E-state index in [1.165, 1.54) is 0 Å². The minimum atomic E-state index is -3.18. The van der Waals surface area contributed by atoms with Crippen LogP contribution in [0.1, 0.15) is 17.3 Å². The number of nitro groups is 1. The monoisotopic (exact) mass is 261 g/mol. The van der Waals surface area contributed by atoms with Gasteiger partial charge in [0, 0.05) is 6.07 Å². The molecule has 18 heavy (non-hydrogen) atoms. The third-order valence-electron chi connectivity index (χ3n) is 1.88. The van der Waals surface area contributed by atoms with Gasteiger partial charge in [0.15, 0.2) is 0 Å². The summed E-state index contributed by atoms with van der Waals surface area (Å²) in [5.41, 5.74) is -0.828. The van der Waals surface area contributed by atoms with Crippen LogP contribution >= 0.6 is 0 Å². The van der Waals surface area contributed by atoms with Crippen molar-refractivity contribution in [2.45, 2.75) is 13.5 Å². The number of hydrogen-bond donors (Lipinski definition) is 0. The SMILES string of the molecule is CCOC(=O)c1ccc(OC(F)F)c([N+](=O)[O-])c1. The zero-order chi connectivity index (χ0) is 13.7. The smallest absolute Gasteiger partial charge is 0.387 e. The molecular formula is C10H9F2NO5. The van der Waals surface area contributed by atoms with Crippen LogP contribution in [-0.4, -0.2) is 24.1 Å². The summed E-state index contributed by atoms with van der Waals surface area (Å²) >= 11 is 0. The number of alkyl halides is 2. The molecule has 1 aromatic rings. The van der Waals surface area contributed by atoms with Crippen LogP contribution in [-0.2, 0) is 4.74 Å². The largest absolute Gasteiger partial charge is 0.462 e. The third kappa shape index (κ3) is 3.37. The van der Waals surface area contributed by atoms with Crippen molar-refractivity contribution in [3.05, 3.63) is 33.9 Å². The maximum Gasteiger partial charge on any atom is 0.387 e. The molecule has 0 radical (unpaired) electrons. The number of esters is 1. The van der Waals surface area contributed by atoms with Gasteiger partial charge in [0.2, 0.25) is 5.75 Å². The molecule has 0 aromatic heterocycles. The Balaban J connectivity index is 3.10. The lowest BCUT2D eigenvalue weighted by atomic mass is 10.2. The Morgan fingerprint density at radius 2 is 2.17 bits per heavy atom. The summed E-state index contributed by atoms with van der Waals surface area (Å²) in [7, 11) is 0. The van der Waals surface area contributed by atoms with E-state index in [1.807, 2.05) is 0 Å². The molecule has 0 unspecified atom stereocenters. The predicted octanol–water partition coefficient (Wildman–Crippen LogP) is 2.37. The molecule has 0 heterocycles. The van der Waals surface area contributed by atoms with E-state index in [1.54, 1.807) is 6.92 Å². The summed E-state index contributed by atoms with van der Waals surface area (Å²) in [6.45, 7) is -1.51. The number of benzene rings is 1. The molecule has 0 spiro atoms. The van der Waals surface area contributed by atoms with Gasteiger partial charge in [-0.2, -0.15) is 8.78 Å². The maximum absolute atomic E-state index is 12.0. The van der Waals surface area contributed by atoms with Crippen molar-refractivity contribution >= 4 is 11.7 Å². The first-order valence-corrected chi connectivity index (χ1v) is 4.86. The molecule has 0 aliphatic carbocycles. The van der Waals surface area contributed by atoms with Crippen molar-refractivity contribution in [2.24, 2.45) is 0 Å². The highest BCUT2D eigenvalue weighted by molar-refractivity contribution is 5.90. The van der Waals surface area contributed by atoms with Gasteiger partial charge >= 0.3 is 18.3 Å². The quantitative estimate of drug-likeness (QED) is 0.462. The Kier molecular flexibility index (Phi) is 4.52. The average molecular weight is 261 g/mol. The van der Waals surface area contributed by atoms with E-state index in [9.17, 15) is 23.7 Å². The number of nitro benzene ring substituents is 1. The maximum atomic E-state index is 12.0. The second kappa shape index (κ2) is 5.89. The molecule has 0 saturated carbocycles. The Morgan fingerprint density at radius 1 is 1.50 bits per heavy atom. The van der Waals surface area contributed by atoms with Crippen LogP contribution in [0.5, 0.6) is 5.75 Å². The zero-order valence-corrected chi connectivity index (χ0v) is 9.26. The number of hydrogen-bond acceptors (Lipinski definition) is 5. The molecule has 1 rings (SSSR count). The van der Waals surface area contributed by atoms with Gasteiger partial charge in [0.25, 0.3) is 0 Å². The van der Waals surface area contributed by atoms with Crippen LogP contribution in [0, 0.1) is 10.1 Å². The van der Waals surface area contributed by atoms with Crippen molar-refractivity contribution in [1.29, 1.82) is 0 Å². The molecule has 0 N–H and O–H groups in total. The molecule has 1 aromatic carbocycles. The van der Waals surface area contributed by atoms with Gasteiger partial charge in [0.05, 0.1) is 17.1 Å². The van der Waals surface area contributed by atoms with E-state index in [-0.39, 0.29) is 12.2 Å². The van der Waals surface area contributed by atoms with Crippen molar-refractivity contribution in [3.8, 4) is 5.75 Å². The van der Waals surface area contributed by atoms with Crippen LogP contribution in [0.15, 0.2) is 18.2 Å². The topological polar surface area (TPSA) is 78.7 Å². The van der Waals surface area contributed by atoms with Gasteiger partial charge in [-0.3, -0.25) is 10.1 Å². The minimum Gasteiger partial charge on any atom is -0.462 e. The summed E-state index contributed by atoms with van der Waals surface area (Å²) in [6.07, 6.45) is 0. The number of halogens is 2. The van der Waals surface area contributed by atoms with E-state index in [2.05, 4.69) is 9.47 Å². The molecule has 98 valence electrons. The van der Waals surface area contributed by atoms with Crippen LogP contribution in [0.3, 0.4) is 0 Å². The van der Waals surface area contributed by atoms with Crippen molar-refractivity contribution in [1.82, 2.24) is 0 Å². The lowest BCUT2D eigenvalue weighted by Gasteiger charge is -2.06. The second-order valence-corrected chi connectivity index (χ2v) is 3.04. The zero-order valence-electron chi connectivity index (χ0n) is 9.26. The third-order valence-corrected chi connectivity index (χ3v) is 1.88. The highest BCUT2D eigenvalue weighted by Crippen LogP contribution is 2.29. The van der Waals surface area contributed by atoms with Crippen molar-refractivity contribution in [2.75, 3.05) is 6.61 Å². The number of carbonyl (C=O) groups is 1. The first-order valence-electron chi connectivity index (χ1n) is 4.86. The number of rotatable bonds is 5. The van der Waals surface area contributed by atoms with E-state index in [0.29, 0.717) is 0 Å². The Hall–Kier alpha value is -2.25. The van der Waals surface area contributed by atoms with Gasteiger partial charge in [-0.25, -0.2) is 4.79 Å². The van der Waals surface area contributed by atoms with E-state index in [4.69, 9.17) is 0 Å². The fourth-order valence-electron chi connectivity index (χ4n) is 1.20. The normalized spacial score (nSPS) is 10.2. The summed E-state index contributed by atoms with van der Waals surface area (Å²) < 4.78 is 32.6. The molecule has 0 saturated heterocycles. The van der Waals surface area contributed by atoms with E-state index >= 15 is 0 Å². The Morgan fingerprint density at radius 3 is 2.67 bits per heavy atom. The highest BCUT2D eigenvalue weighted by Gasteiger charge is 2.21. The van der Waals surface area contributed by atoms with Gasteiger partial charge in [-0.1, -0.05) is 0 Å². The molecule has 0 aliphatic heterocycles. The number of carbonyl (C=O) groups excluding carboxylic acids is 1. The molecule has 0 amide bonds. The highest BCUT2D eigenvalue weighted by atomic mass is 19.3. The first-order chi connectivity index (χ1) is 8.45. The summed E-state index contributed by atoms with van der Waals surface area (Å²) in [5.74, 6) is -1.38. The fourth-order valence-corrected chi connectivity index (χ4v) is 1.20. The summed E-state index contributed by atoms with van der Waals surface area (Å²) in [5, 5.41) is 10.7. The molecule has 0 bridgehead atoms. The molecule has 8 heteroatoms. The lowest BCUT2D eigenvalue weighted by Crippen LogP contribution is -2.08. The predicted molar refractivity (Wildman–Crippen MR) is 55.7 cm³/mol. The van der Waals surface area contributed by atoms with Crippen LogP contribution in [0.25, 0.3) is 0 Å². The van der Waals surface area contributed by atoms with Gasteiger partial charge < -0.3 is 9.47 Å². The van der Waals surface area contributed by atoms with E-state index in [0.717, 1.165) is 18.2 Å². The Labute approximate surface area is 100 Å². The van der Waals surface area contributed by atoms with Crippen LogP contribution < -0.4 is 4.74 Å². The van der Waals surface area contributed by atoms with E-state index < -0.39 is 28.9 Å². The van der Waals surface area contributed by atoms with Crippen molar-refractivity contribution in [3.63, 3.8) is 0 Å². The van der Waals surface area contributed by atoms with Crippen LogP contribution in [0.4, 0.5) is 14.5 Å². The molecule has 0 fully saturated rings. The summed E-state index contributed by atoms with van der Waals surface area (Å²) in [6, 6.07) is 2.87. The summed E-state index contributed by atoms with van der Waals surface area (Å²) in [4.78, 5) is 21.1. The number of ether oxygens (including phenoxy) is 2. The van der Waals surface area contributed by atoms with Gasteiger partial charge in [0.1, 0.15) is 0 Å². The fraction of sp³-hybridized carbons (Fsp3) is 0.300. The van der Waals surface area contributed by atoms with Gasteiger partial charge in [-0.15, -0.1) is 0 Å². The molecule has 0 atom stereocenters. The molecular weight excluding hydrogens is 252 g/mol. The number of nitrogens with zero attached hydrogens (tertiary/aromatic N) is 1. The second-order valence-electron chi connectivity index (χ2n) is 3.04. The molecule has 6 nitrogen and oxygen atoms in total. The Bertz CT molecular complexity index is 464. The first kappa shape index (κ1) is 13.8. The lowest BCUT2D eigenvalue weighted by molar-refractivity contribution is -0.386. The standard InChI is InChI=1S/C10H9F2NO5/c1-2-17-9(14)6-3-4-8(18-10(11)12)7(5-6)13(15)16/h3-5,10H,2H2,1H3. The van der Waals surface area contributed by atoms with Crippen LogP contribution in [0.2, 0.25) is 0 Å². The van der Waals surface area contributed by atoms with Crippen molar-refractivity contribution < 1.29 is 28.0 Å².